The maximum atomic E-state index is 11.5. The first-order chi connectivity index (χ1) is 6.34. The van der Waals surface area contributed by atoms with Crippen LogP contribution in [-0.4, -0.2) is 37.1 Å². The Balaban J connectivity index is 2.25. The van der Waals surface area contributed by atoms with E-state index in [4.69, 9.17) is 4.74 Å². The van der Waals surface area contributed by atoms with Gasteiger partial charge in [-0.25, -0.2) is 0 Å². The van der Waals surface area contributed by atoms with E-state index in [2.05, 4.69) is 6.92 Å². The van der Waals surface area contributed by atoms with Gasteiger partial charge in [-0.3, -0.25) is 4.79 Å². The Kier molecular flexibility index (Phi) is 4.54. The first-order valence-electron chi connectivity index (χ1n) is 4.85. The molecule has 3 nitrogen and oxygen atoms in total. The number of nitrogens with zero attached hydrogens (tertiary/aromatic N) is 1. The number of allylic oxidation sites excluding steroid dienone is 1. The van der Waals surface area contributed by atoms with Crippen LogP contribution in [0.1, 0.15) is 19.8 Å². The highest BCUT2D eigenvalue weighted by Crippen LogP contribution is 2.00. The van der Waals surface area contributed by atoms with E-state index in [0.29, 0.717) is 19.6 Å². The van der Waals surface area contributed by atoms with Crippen molar-refractivity contribution in [2.45, 2.75) is 19.8 Å². The molecule has 3 heteroatoms. The Labute approximate surface area is 79.4 Å². The quantitative estimate of drug-likeness (QED) is 0.615. The molecule has 1 aliphatic heterocycles. The van der Waals surface area contributed by atoms with Gasteiger partial charge in [0.15, 0.2) is 0 Å². The molecule has 0 aliphatic carbocycles. The van der Waals surface area contributed by atoms with Crippen LogP contribution in [0.15, 0.2) is 12.2 Å². The third-order valence-corrected chi connectivity index (χ3v) is 2.06. The van der Waals surface area contributed by atoms with Gasteiger partial charge in [0.05, 0.1) is 13.2 Å². The van der Waals surface area contributed by atoms with E-state index in [-0.39, 0.29) is 5.91 Å². The fourth-order valence-corrected chi connectivity index (χ4v) is 1.29. The van der Waals surface area contributed by atoms with E-state index < -0.39 is 0 Å². The third kappa shape index (κ3) is 3.59. The van der Waals surface area contributed by atoms with E-state index in [1.54, 1.807) is 0 Å². The summed E-state index contributed by atoms with van der Waals surface area (Å²) in [4.78, 5) is 13.4. The minimum absolute atomic E-state index is 0.216. The molecule has 1 fully saturated rings. The lowest BCUT2D eigenvalue weighted by molar-refractivity contribution is -0.134. The number of carbonyl (C=O) groups excluding carboxylic acids is 1. The van der Waals surface area contributed by atoms with Crippen LogP contribution in [0.25, 0.3) is 0 Å². The largest absolute Gasteiger partial charge is 0.378 e. The third-order valence-electron chi connectivity index (χ3n) is 2.06. The van der Waals surface area contributed by atoms with Crippen molar-refractivity contribution in [1.82, 2.24) is 4.90 Å². The number of carbonyl (C=O) groups is 1. The van der Waals surface area contributed by atoms with Crippen LogP contribution in [-0.2, 0) is 9.53 Å². The molecule has 13 heavy (non-hydrogen) atoms. The molecule has 0 radical (unpaired) electrons. The summed E-state index contributed by atoms with van der Waals surface area (Å²) in [6, 6.07) is 0. The van der Waals surface area contributed by atoms with Crippen molar-refractivity contribution in [3.8, 4) is 0 Å². The van der Waals surface area contributed by atoms with Gasteiger partial charge in [-0.2, -0.15) is 0 Å². The average Bonchev–Trinajstić information content (AvgIpc) is 2.19. The molecule has 1 aliphatic rings. The van der Waals surface area contributed by atoms with Crippen LogP contribution in [0.4, 0.5) is 0 Å². The van der Waals surface area contributed by atoms with Crippen molar-refractivity contribution in [1.29, 1.82) is 0 Å². The van der Waals surface area contributed by atoms with E-state index >= 15 is 0 Å². The van der Waals surface area contributed by atoms with Crippen LogP contribution in [0.2, 0.25) is 0 Å². The molecule has 0 atom stereocenters. The highest BCUT2D eigenvalue weighted by Gasteiger charge is 2.14. The second-order valence-electron chi connectivity index (χ2n) is 3.08. The van der Waals surface area contributed by atoms with Gasteiger partial charge < -0.3 is 9.64 Å². The first kappa shape index (κ1) is 10.3. The highest BCUT2D eigenvalue weighted by atomic mass is 16.5. The number of morpholine rings is 1. The zero-order chi connectivity index (χ0) is 9.52. The smallest absolute Gasteiger partial charge is 0.226 e. The molecule has 0 aromatic carbocycles. The SMILES string of the molecule is CC/C=C/CC(=O)N1CCOCC1. The Morgan fingerprint density at radius 1 is 1.38 bits per heavy atom. The van der Waals surface area contributed by atoms with E-state index in [0.717, 1.165) is 19.5 Å². The van der Waals surface area contributed by atoms with Gasteiger partial charge in [-0.15, -0.1) is 0 Å². The summed E-state index contributed by atoms with van der Waals surface area (Å²) in [5, 5.41) is 0. The van der Waals surface area contributed by atoms with Gasteiger partial charge in [0.1, 0.15) is 0 Å². The molecule has 0 bridgehead atoms. The number of hydrogen-bond donors (Lipinski definition) is 0. The second-order valence-corrected chi connectivity index (χ2v) is 3.08. The Bertz CT molecular complexity index is 183. The number of ether oxygens (including phenoxy) is 1. The van der Waals surface area contributed by atoms with E-state index in [1.807, 2.05) is 17.1 Å². The van der Waals surface area contributed by atoms with Crippen LogP contribution < -0.4 is 0 Å². The predicted octanol–water partition coefficient (Wildman–Crippen LogP) is 1.20. The maximum Gasteiger partial charge on any atom is 0.226 e. The van der Waals surface area contributed by atoms with Crippen molar-refractivity contribution in [3.63, 3.8) is 0 Å². The number of amides is 1. The molecule has 0 spiro atoms. The molecule has 74 valence electrons. The summed E-state index contributed by atoms with van der Waals surface area (Å²) in [6.45, 7) is 4.93. The Hall–Kier alpha value is -0.830. The summed E-state index contributed by atoms with van der Waals surface area (Å²) >= 11 is 0. The Morgan fingerprint density at radius 3 is 2.69 bits per heavy atom. The zero-order valence-corrected chi connectivity index (χ0v) is 8.16. The first-order valence-corrected chi connectivity index (χ1v) is 4.85. The number of hydrogen-bond acceptors (Lipinski definition) is 2. The van der Waals surface area contributed by atoms with Gasteiger partial charge in [-0.05, 0) is 6.42 Å². The molecule has 0 N–H and O–H groups in total. The Morgan fingerprint density at radius 2 is 2.08 bits per heavy atom. The van der Waals surface area contributed by atoms with Gasteiger partial charge >= 0.3 is 0 Å². The monoisotopic (exact) mass is 183 g/mol. The lowest BCUT2D eigenvalue weighted by atomic mass is 10.3. The lowest BCUT2D eigenvalue weighted by Gasteiger charge is -2.26. The topological polar surface area (TPSA) is 29.5 Å². The highest BCUT2D eigenvalue weighted by molar-refractivity contribution is 5.77. The van der Waals surface area contributed by atoms with Crippen LogP contribution >= 0.6 is 0 Å². The average molecular weight is 183 g/mol. The second kappa shape index (κ2) is 5.75. The summed E-state index contributed by atoms with van der Waals surface area (Å²) in [5.41, 5.74) is 0. The molecule has 1 saturated heterocycles. The minimum Gasteiger partial charge on any atom is -0.378 e. The van der Waals surface area contributed by atoms with Gasteiger partial charge in [0.2, 0.25) is 5.91 Å². The number of rotatable bonds is 3. The van der Waals surface area contributed by atoms with Gasteiger partial charge in [-0.1, -0.05) is 19.1 Å². The molecule has 1 rings (SSSR count). The molecule has 0 unspecified atom stereocenters. The van der Waals surface area contributed by atoms with E-state index in [1.165, 1.54) is 0 Å². The fraction of sp³-hybridized carbons (Fsp3) is 0.700. The summed E-state index contributed by atoms with van der Waals surface area (Å²) in [7, 11) is 0. The van der Waals surface area contributed by atoms with Crippen LogP contribution in [0, 0.1) is 0 Å². The maximum absolute atomic E-state index is 11.5. The van der Waals surface area contributed by atoms with Crippen molar-refractivity contribution >= 4 is 5.91 Å². The summed E-state index contributed by atoms with van der Waals surface area (Å²) in [6.07, 6.45) is 5.50. The molecule has 0 aromatic heterocycles. The standard InChI is InChI=1S/C10H17NO2/c1-2-3-4-5-10(12)11-6-8-13-9-7-11/h3-4H,2,5-9H2,1H3/b4-3+. The van der Waals surface area contributed by atoms with Crippen molar-refractivity contribution < 1.29 is 9.53 Å². The predicted molar refractivity (Wildman–Crippen MR) is 51.4 cm³/mol. The lowest BCUT2D eigenvalue weighted by Crippen LogP contribution is -2.40. The molecule has 0 aromatic rings. The normalized spacial score (nSPS) is 18.1. The summed E-state index contributed by atoms with van der Waals surface area (Å²) < 4.78 is 5.16. The van der Waals surface area contributed by atoms with Crippen molar-refractivity contribution in [2.24, 2.45) is 0 Å². The molecular weight excluding hydrogens is 166 g/mol. The minimum atomic E-state index is 0.216. The fourth-order valence-electron chi connectivity index (χ4n) is 1.29. The van der Waals surface area contributed by atoms with Gasteiger partial charge in [0.25, 0.3) is 0 Å². The molecule has 0 saturated carbocycles. The van der Waals surface area contributed by atoms with Gasteiger partial charge in [0, 0.05) is 19.5 Å². The van der Waals surface area contributed by atoms with E-state index in [9.17, 15) is 4.79 Å². The molecule has 1 amide bonds. The van der Waals surface area contributed by atoms with Crippen LogP contribution in [0.5, 0.6) is 0 Å². The molecular formula is C10H17NO2. The van der Waals surface area contributed by atoms with Crippen molar-refractivity contribution in [3.05, 3.63) is 12.2 Å². The van der Waals surface area contributed by atoms with Crippen LogP contribution in [0.3, 0.4) is 0 Å². The summed E-state index contributed by atoms with van der Waals surface area (Å²) in [5.74, 6) is 0.216. The molecule has 1 heterocycles. The van der Waals surface area contributed by atoms with Crippen molar-refractivity contribution in [2.75, 3.05) is 26.3 Å². The zero-order valence-electron chi connectivity index (χ0n) is 8.16.